The van der Waals surface area contributed by atoms with Crippen molar-refractivity contribution in [1.82, 2.24) is 9.80 Å². The average molecular weight is 369 g/mol. The molecule has 0 bridgehead atoms. The Morgan fingerprint density at radius 3 is 2.41 bits per heavy atom. The molecule has 1 aromatic carbocycles. The minimum absolute atomic E-state index is 0.0169. The van der Waals surface area contributed by atoms with E-state index in [2.05, 4.69) is 0 Å². The molecule has 1 aromatic rings. The Hall–Kier alpha value is -2.37. The predicted octanol–water partition coefficient (Wildman–Crippen LogP) is 2.43. The topological polar surface area (TPSA) is 60.9 Å². The van der Waals surface area contributed by atoms with E-state index in [1.54, 1.807) is 21.9 Å². The minimum Gasteiger partial charge on any atom is -0.341 e. The molecule has 0 aliphatic carbocycles. The van der Waals surface area contributed by atoms with Crippen LogP contribution in [0, 0.1) is 0 Å². The van der Waals surface area contributed by atoms with Gasteiger partial charge in [0.15, 0.2) is 0 Å². The van der Waals surface area contributed by atoms with Gasteiger partial charge in [-0.15, -0.1) is 0 Å². The van der Waals surface area contributed by atoms with Gasteiger partial charge in [0, 0.05) is 19.6 Å². The van der Waals surface area contributed by atoms with Crippen LogP contribution in [0.2, 0.25) is 0 Å². The zero-order chi connectivity index (χ0) is 18.8. The van der Waals surface area contributed by atoms with E-state index >= 15 is 0 Å². The lowest BCUT2D eigenvalue weighted by atomic mass is 10.0. The molecule has 27 heavy (non-hydrogen) atoms. The summed E-state index contributed by atoms with van der Waals surface area (Å²) in [4.78, 5) is 44.5. The van der Waals surface area contributed by atoms with Gasteiger partial charge in [-0.25, -0.2) is 0 Å². The van der Waals surface area contributed by atoms with Gasteiger partial charge in [-0.2, -0.15) is 0 Å². The van der Waals surface area contributed by atoms with Gasteiger partial charge >= 0.3 is 0 Å². The first-order chi connectivity index (χ1) is 13.2. The van der Waals surface area contributed by atoms with Crippen molar-refractivity contribution < 1.29 is 14.4 Å². The van der Waals surface area contributed by atoms with E-state index in [1.165, 1.54) is 0 Å². The highest BCUT2D eigenvalue weighted by molar-refractivity contribution is 6.12. The number of hydrogen-bond donors (Lipinski definition) is 0. The van der Waals surface area contributed by atoms with Gasteiger partial charge in [-0.1, -0.05) is 25.0 Å². The molecule has 6 heteroatoms. The molecular weight excluding hydrogens is 342 g/mol. The molecular formula is C21H27N3O3. The summed E-state index contributed by atoms with van der Waals surface area (Å²) in [5.41, 5.74) is 1.10. The summed E-state index contributed by atoms with van der Waals surface area (Å²) in [6.07, 6.45) is 6.87. The minimum atomic E-state index is -0.449. The number of hydrogen-bond acceptors (Lipinski definition) is 3. The highest BCUT2D eigenvalue weighted by Crippen LogP contribution is 2.31. The fraction of sp³-hybridized carbons (Fsp3) is 0.571. The summed E-state index contributed by atoms with van der Waals surface area (Å²) in [5.74, 6) is -0.221. The molecule has 0 aromatic heterocycles. The predicted molar refractivity (Wildman–Crippen MR) is 103 cm³/mol. The number of carbonyl (C=O) groups is 3. The Morgan fingerprint density at radius 2 is 1.63 bits per heavy atom. The molecule has 0 N–H and O–H groups in total. The lowest BCUT2D eigenvalue weighted by molar-refractivity contribution is -0.132. The van der Waals surface area contributed by atoms with Crippen LogP contribution in [-0.4, -0.2) is 59.7 Å². The van der Waals surface area contributed by atoms with Crippen LogP contribution in [0.3, 0.4) is 0 Å². The number of carbonyl (C=O) groups excluding carboxylic acids is 3. The molecule has 3 amide bonds. The highest BCUT2D eigenvalue weighted by atomic mass is 16.2. The van der Waals surface area contributed by atoms with Crippen molar-refractivity contribution in [1.29, 1.82) is 0 Å². The molecule has 3 aliphatic heterocycles. The third-order valence-corrected chi connectivity index (χ3v) is 5.99. The van der Waals surface area contributed by atoms with Gasteiger partial charge in [-0.3, -0.25) is 14.4 Å². The number of amides is 3. The van der Waals surface area contributed by atoms with Gasteiger partial charge in [0.25, 0.3) is 5.91 Å². The number of rotatable bonds is 2. The maximum absolute atomic E-state index is 13.3. The number of likely N-dealkylation sites (tertiary alicyclic amines) is 1. The van der Waals surface area contributed by atoms with Crippen molar-refractivity contribution >= 4 is 23.4 Å². The summed E-state index contributed by atoms with van der Waals surface area (Å²) in [6.45, 7) is 2.15. The maximum Gasteiger partial charge on any atom is 0.256 e. The number of fused-ring (bicyclic) bond motifs is 2. The summed E-state index contributed by atoms with van der Waals surface area (Å²) in [5, 5.41) is 0. The summed E-state index contributed by atoms with van der Waals surface area (Å²) < 4.78 is 0. The zero-order valence-corrected chi connectivity index (χ0v) is 15.7. The second-order valence-corrected chi connectivity index (χ2v) is 7.75. The van der Waals surface area contributed by atoms with Gasteiger partial charge in [-0.05, 0) is 44.2 Å². The van der Waals surface area contributed by atoms with Crippen molar-refractivity contribution in [3.63, 3.8) is 0 Å². The molecule has 1 atom stereocenters. The van der Waals surface area contributed by atoms with Crippen LogP contribution in [0.25, 0.3) is 0 Å². The Kier molecular flexibility index (Phi) is 5.14. The molecule has 0 spiro atoms. The van der Waals surface area contributed by atoms with Crippen molar-refractivity contribution in [2.75, 3.05) is 31.1 Å². The number of nitrogens with zero attached hydrogens (tertiary/aromatic N) is 3. The van der Waals surface area contributed by atoms with Crippen LogP contribution >= 0.6 is 0 Å². The molecule has 1 unspecified atom stereocenters. The quantitative estimate of drug-likeness (QED) is 0.804. The molecule has 144 valence electrons. The van der Waals surface area contributed by atoms with Gasteiger partial charge in [0.2, 0.25) is 11.8 Å². The third-order valence-electron chi connectivity index (χ3n) is 5.99. The molecule has 6 nitrogen and oxygen atoms in total. The first-order valence-electron chi connectivity index (χ1n) is 10.2. The molecule has 0 radical (unpaired) electrons. The average Bonchev–Trinajstić information content (AvgIpc) is 3.03. The van der Waals surface area contributed by atoms with Gasteiger partial charge in [0.1, 0.15) is 12.6 Å². The van der Waals surface area contributed by atoms with Crippen molar-refractivity contribution in [3.8, 4) is 0 Å². The first-order valence-corrected chi connectivity index (χ1v) is 10.2. The fourth-order valence-corrected chi connectivity index (χ4v) is 4.49. The van der Waals surface area contributed by atoms with E-state index in [9.17, 15) is 14.4 Å². The summed E-state index contributed by atoms with van der Waals surface area (Å²) >= 11 is 0. The van der Waals surface area contributed by atoms with Crippen LogP contribution in [0.4, 0.5) is 5.69 Å². The van der Waals surface area contributed by atoms with Crippen molar-refractivity contribution in [3.05, 3.63) is 29.8 Å². The van der Waals surface area contributed by atoms with E-state index in [-0.39, 0.29) is 24.3 Å². The van der Waals surface area contributed by atoms with E-state index < -0.39 is 6.04 Å². The summed E-state index contributed by atoms with van der Waals surface area (Å²) in [6, 6.07) is 6.76. The van der Waals surface area contributed by atoms with Gasteiger partial charge in [0.05, 0.1) is 11.3 Å². The van der Waals surface area contributed by atoms with Crippen LogP contribution < -0.4 is 4.90 Å². The number of benzene rings is 1. The summed E-state index contributed by atoms with van der Waals surface area (Å²) in [7, 11) is 0. The van der Waals surface area contributed by atoms with E-state index in [0.717, 1.165) is 51.6 Å². The third kappa shape index (κ3) is 3.45. The fourth-order valence-electron chi connectivity index (χ4n) is 4.49. The van der Waals surface area contributed by atoms with Crippen molar-refractivity contribution in [2.45, 2.75) is 51.0 Å². The molecule has 0 saturated carbocycles. The lowest BCUT2D eigenvalue weighted by Crippen LogP contribution is -2.52. The standard InChI is InChI=1S/C21H27N3O3/c25-19(22-12-6-1-2-7-13-22)15-24-17-10-4-3-9-16(17)20(26)23-14-8-5-11-18(23)21(24)27/h3-4,9-10,18H,1-2,5-8,11-15H2. The van der Waals surface area contributed by atoms with Crippen LogP contribution in [-0.2, 0) is 9.59 Å². The van der Waals surface area contributed by atoms with Gasteiger partial charge < -0.3 is 14.7 Å². The van der Waals surface area contributed by atoms with Crippen LogP contribution in [0.1, 0.15) is 55.3 Å². The zero-order valence-electron chi connectivity index (χ0n) is 15.7. The second kappa shape index (κ2) is 7.71. The van der Waals surface area contributed by atoms with Crippen LogP contribution in [0.5, 0.6) is 0 Å². The maximum atomic E-state index is 13.3. The van der Waals surface area contributed by atoms with E-state index in [0.29, 0.717) is 24.2 Å². The molecule has 4 rings (SSSR count). The SMILES string of the molecule is O=C(CN1C(=O)C2CCCCN2C(=O)c2ccccc21)N1CCCCCC1. The van der Waals surface area contributed by atoms with E-state index in [1.807, 2.05) is 17.0 Å². The van der Waals surface area contributed by atoms with E-state index in [4.69, 9.17) is 0 Å². The normalized spacial score (nSPS) is 23.4. The lowest BCUT2D eigenvalue weighted by Gasteiger charge is -2.34. The molecule has 3 heterocycles. The first kappa shape index (κ1) is 18.0. The highest BCUT2D eigenvalue weighted by Gasteiger charge is 2.41. The molecule has 2 fully saturated rings. The largest absolute Gasteiger partial charge is 0.341 e. The van der Waals surface area contributed by atoms with Crippen molar-refractivity contribution in [2.24, 2.45) is 0 Å². The molecule has 3 aliphatic rings. The number of piperidine rings is 1. The number of anilines is 1. The second-order valence-electron chi connectivity index (χ2n) is 7.75. The number of para-hydroxylation sites is 1. The Labute approximate surface area is 160 Å². The monoisotopic (exact) mass is 369 g/mol. The van der Waals surface area contributed by atoms with Crippen LogP contribution in [0.15, 0.2) is 24.3 Å². The molecule has 2 saturated heterocycles. The Balaban J connectivity index is 1.65. The Morgan fingerprint density at radius 1 is 0.926 bits per heavy atom. The Bertz CT molecular complexity index is 740. The smallest absolute Gasteiger partial charge is 0.256 e.